The van der Waals surface area contributed by atoms with Gasteiger partial charge in [0.15, 0.2) is 0 Å². The molecule has 2 N–H and O–H groups in total. The van der Waals surface area contributed by atoms with Gasteiger partial charge in [-0.15, -0.1) is 0 Å². The monoisotopic (exact) mass is 304 g/mol. The predicted molar refractivity (Wildman–Crippen MR) is 71.9 cm³/mol. The SMILES string of the molecule is COC(=O)CN(C(C)C)S(=O)(=O)c1cc(F)ccc1N. The van der Waals surface area contributed by atoms with Crippen LogP contribution < -0.4 is 5.73 Å². The Labute approximate surface area is 117 Å². The van der Waals surface area contributed by atoms with Gasteiger partial charge in [0.2, 0.25) is 10.0 Å². The van der Waals surface area contributed by atoms with E-state index < -0.39 is 34.4 Å². The number of carbonyl (C=O) groups excluding carboxylic acids is 1. The van der Waals surface area contributed by atoms with Gasteiger partial charge in [0, 0.05) is 6.04 Å². The molecule has 0 saturated carbocycles. The molecule has 0 bridgehead atoms. The fourth-order valence-electron chi connectivity index (χ4n) is 1.59. The lowest BCUT2D eigenvalue weighted by Gasteiger charge is -2.25. The first-order chi connectivity index (χ1) is 9.20. The summed E-state index contributed by atoms with van der Waals surface area (Å²) in [5.41, 5.74) is 5.51. The Morgan fingerprint density at radius 2 is 2.05 bits per heavy atom. The van der Waals surface area contributed by atoms with Gasteiger partial charge in [-0.2, -0.15) is 4.31 Å². The van der Waals surface area contributed by atoms with Crippen LogP contribution in [0.3, 0.4) is 0 Å². The van der Waals surface area contributed by atoms with Crippen LogP contribution in [0.2, 0.25) is 0 Å². The summed E-state index contributed by atoms with van der Waals surface area (Å²) in [5, 5.41) is 0. The highest BCUT2D eigenvalue weighted by Gasteiger charge is 2.31. The van der Waals surface area contributed by atoms with Crippen molar-refractivity contribution in [2.24, 2.45) is 0 Å². The van der Waals surface area contributed by atoms with Crippen molar-refractivity contribution in [1.29, 1.82) is 0 Å². The zero-order chi connectivity index (χ0) is 15.5. The molecule has 8 heteroatoms. The van der Waals surface area contributed by atoms with E-state index in [9.17, 15) is 17.6 Å². The molecule has 0 aliphatic carbocycles. The summed E-state index contributed by atoms with van der Waals surface area (Å²) >= 11 is 0. The maximum atomic E-state index is 13.2. The first kappa shape index (κ1) is 16.4. The molecule has 112 valence electrons. The van der Waals surface area contributed by atoms with Crippen LogP contribution in [0.25, 0.3) is 0 Å². The highest BCUT2D eigenvalue weighted by molar-refractivity contribution is 7.89. The van der Waals surface area contributed by atoms with Crippen molar-refractivity contribution in [2.75, 3.05) is 19.4 Å². The zero-order valence-corrected chi connectivity index (χ0v) is 12.3. The molecule has 0 aliphatic heterocycles. The van der Waals surface area contributed by atoms with Gasteiger partial charge in [-0.05, 0) is 32.0 Å². The van der Waals surface area contributed by atoms with Crippen molar-refractivity contribution in [3.05, 3.63) is 24.0 Å². The second-order valence-electron chi connectivity index (χ2n) is 4.40. The molecule has 0 amide bonds. The number of esters is 1. The topological polar surface area (TPSA) is 89.7 Å². The summed E-state index contributed by atoms with van der Waals surface area (Å²) in [6.45, 7) is 2.72. The lowest BCUT2D eigenvalue weighted by Crippen LogP contribution is -2.41. The molecule has 0 atom stereocenters. The van der Waals surface area contributed by atoms with Gasteiger partial charge in [-0.1, -0.05) is 0 Å². The fourth-order valence-corrected chi connectivity index (χ4v) is 3.31. The summed E-state index contributed by atoms with van der Waals surface area (Å²) in [5.74, 6) is -1.43. The lowest BCUT2D eigenvalue weighted by atomic mass is 10.3. The molecule has 1 aromatic carbocycles. The highest BCUT2D eigenvalue weighted by atomic mass is 32.2. The number of nitrogens with zero attached hydrogens (tertiary/aromatic N) is 1. The number of nitrogens with two attached hydrogens (primary N) is 1. The molecule has 0 saturated heterocycles. The van der Waals surface area contributed by atoms with Crippen molar-refractivity contribution >= 4 is 21.7 Å². The van der Waals surface area contributed by atoms with Gasteiger partial charge in [-0.3, -0.25) is 4.79 Å². The van der Waals surface area contributed by atoms with Crippen LogP contribution in [0, 0.1) is 5.82 Å². The number of anilines is 1. The standard InChI is InChI=1S/C12H17FN2O4S/c1-8(2)15(7-12(16)19-3)20(17,18)11-6-9(13)4-5-10(11)14/h4-6,8H,7,14H2,1-3H3. The van der Waals surface area contributed by atoms with Crippen LogP contribution in [-0.4, -0.2) is 38.4 Å². The van der Waals surface area contributed by atoms with E-state index in [1.165, 1.54) is 6.07 Å². The fraction of sp³-hybridized carbons (Fsp3) is 0.417. The third kappa shape index (κ3) is 3.45. The van der Waals surface area contributed by atoms with Crippen molar-refractivity contribution in [3.63, 3.8) is 0 Å². The Morgan fingerprint density at radius 1 is 1.45 bits per heavy atom. The van der Waals surface area contributed by atoms with E-state index in [0.29, 0.717) is 0 Å². The molecule has 0 aliphatic rings. The van der Waals surface area contributed by atoms with E-state index >= 15 is 0 Å². The van der Waals surface area contributed by atoms with Gasteiger partial charge in [0.05, 0.1) is 12.8 Å². The first-order valence-electron chi connectivity index (χ1n) is 5.83. The van der Waals surface area contributed by atoms with E-state index in [0.717, 1.165) is 23.5 Å². The predicted octanol–water partition coefficient (Wildman–Crippen LogP) is 0.980. The van der Waals surface area contributed by atoms with Gasteiger partial charge in [0.25, 0.3) is 0 Å². The Balaban J connectivity index is 3.30. The quantitative estimate of drug-likeness (QED) is 0.647. The van der Waals surface area contributed by atoms with Crippen LogP contribution in [-0.2, 0) is 19.6 Å². The third-order valence-electron chi connectivity index (χ3n) is 2.65. The molecule has 0 heterocycles. The largest absolute Gasteiger partial charge is 0.468 e. The first-order valence-corrected chi connectivity index (χ1v) is 7.27. The lowest BCUT2D eigenvalue weighted by molar-refractivity contribution is -0.141. The van der Waals surface area contributed by atoms with Crippen LogP contribution in [0.15, 0.2) is 23.1 Å². The number of rotatable bonds is 5. The van der Waals surface area contributed by atoms with Crippen LogP contribution in [0.4, 0.5) is 10.1 Å². The number of ether oxygens (including phenoxy) is 1. The zero-order valence-electron chi connectivity index (χ0n) is 11.5. The van der Waals surface area contributed by atoms with Gasteiger partial charge in [0.1, 0.15) is 17.3 Å². The van der Waals surface area contributed by atoms with Gasteiger partial charge >= 0.3 is 5.97 Å². The van der Waals surface area contributed by atoms with E-state index in [-0.39, 0.29) is 10.6 Å². The van der Waals surface area contributed by atoms with Crippen LogP contribution >= 0.6 is 0 Å². The Kier molecular flexibility index (Phi) is 5.07. The molecule has 6 nitrogen and oxygen atoms in total. The van der Waals surface area contributed by atoms with Gasteiger partial charge < -0.3 is 10.5 Å². The number of hydrogen-bond donors (Lipinski definition) is 1. The third-order valence-corrected chi connectivity index (χ3v) is 4.73. The number of nitrogen functional groups attached to an aromatic ring is 1. The summed E-state index contributed by atoms with van der Waals surface area (Å²) in [6, 6.07) is 2.55. The van der Waals surface area contributed by atoms with Gasteiger partial charge in [-0.25, -0.2) is 12.8 Å². The number of methoxy groups -OCH3 is 1. The van der Waals surface area contributed by atoms with Crippen molar-refractivity contribution < 1.29 is 22.3 Å². The molecule has 1 aromatic rings. The Hall–Kier alpha value is -1.67. The number of hydrogen-bond acceptors (Lipinski definition) is 5. The molecular weight excluding hydrogens is 287 g/mol. The summed E-state index contributed by atoms with van der Waals surface area (Å²) < 4.78 is 43.6. The Morgan fingerprint density at radius 3 is 2.55 bits per heavy atom. The van der Waals surface area contributed by atoms with Crippen molar-refractivity contribution in [3.8, 4) is 0 Å². The molecule has 1 rings (SSSR count). The molecule has 0 aromatic heterocycles. The summed E-state index contributed by atoms with van der Waals surface area (Å²) in [6.07, 6.45) is 0. The molecule has 20 heavy (non-hydrogen) atoms. The molecule has 0 spiro atoms. The normalized spacial score (nSPS) is 11.9. The average Bonchev–Trinajstić information content (AvgIpc) is 2.37. The van der Waals surface area contributed by atoms with Crippen molar-refractivity contribution in [1.82, 2.24) is 4.31 Å². The number of benzene rings is 1. The second-order valence-corrected chi connectivity index (χ2v) is 6.26. The summed E-state index contributed by atoms with van der Waals surface area (Å²) in [4.78, 5) is 11.0. The summed E-state index contributed by atoms with van der Waals surface area (Å²) in [7, 11) is -2.93. The minimum absolute atomic E-state index is 0.0816. The number of sulfonamides is 1. The maximum absolute atomic E-state index is 13.2. The Bertz CT molecular complexity index is 601. The minimum Gasteiger partial charge on any atom is -0.468 e. The maximum Gasteiger partial charge on any atom is 0.321 e. The van der Waals surface area contributed by atoms with Crippen LogP contribution in [0.1, 0.15) is 13.8 Å². The molecule has 0 unspecified atom stereocenters. The minimum atomic E-state index is -4.09. The van der Waals surface area contributed by atoms with E-state index in [4.69, 9.17) is 5.73 Å². The second kappa shape index (κ2) is 6.19. The van der Waals surface area contributed by atoms with Crippen LogP contribution in [0.5, 0.6) is 0 Å². The molecule has 0 radical (unpaired) electrons. The van der Waals surface area contributed by atoms with E-state index in [2.05, 4.69) is 4.74 Å². The van der Waals surface area contributed by atoms with Crippen molar-refractivity contribution in [2.45, 2.75) is 24.8 Å². The number of halogens is 1. The molecular formula is C12H17FN2O4S. The average molecular weight is 304 g/mol. The smallest absolute Gasteiger partial charge is 0.321 e. The number of carbonyl (C=O) groups is 1. The van der Waals surface area contributed by atoms with E-state index in [1.54, 1.807) is 13.8 Å². The van der Waals surface area contributed by atoms with E-state index in [1.807, 2.05) is 0 Å². The highest BCUT2D eigenvalue weighted by Crippen LogP contribution is 2.24. The molecule has 0 fully saturated rings.